The molecule has 0 aliphatic heterocycles. The van der Waals surface area contributed by atoms with E-state index in [1.807, 2.05) is 19.9 Å². The van der Waals surface area contributed by atoms with Crippen LogP contribution < -0.4 is 10.5 Å². The molecule has 0 aromatic heterocycles. The van der Waals surface area contributed by atoms with Crippen LogP contribution in [0.2, 0.25) is 0 Å². The Bertz CT molecular complexity index is 565. The van der Waals surface area contributed by atoms with Gasteiger partial charge in [-0.05, 0) is 42.9 Å². The van der Waals surface area contributed by atoms with Crippen LogP contribution in [0.4, 0.5) is 0 Å². The summed E-state index contributed by atoms with van der Waals surface area (Å²) in [5.41, 5.74) is 7.28. The summed E-state index contributed by atoms with van der Waals surface area (Å²) in [5, 5.41) is 0. The highest BCUT2D eigenvalue weighted by molar-refractivity contribution is 7.89. The minimum Gasteiger partial charge on any atom is -0.326 e. The van der Waals surface area contributed by atoms with Crippen LogP contribution in [0.1, 0.15) is 43.7 Å². The van der Waals surface area contributed by atoms with E-state index < -0.39 is 10.0 Å². The zero-order valence-electron chi connectivity index (χ0n) is 12.2. The van der Waals surface area contributed by atoms with Crippen LogP contribution in [0.25, 0.3) is 0 Å². The van der Waals surface area contributed by atoms with Gasteiger partial charge in [-0.15, -0.1) is 0 Å². The number of aryl methyl sites for hydroxylation is 1. The van der Waals surface area contributed by atoms with Gasteiger partial charge in [0, 0.05) is 12.6 Å². The summed E-state index contributed by atoms with van der Waals surface area (Å²) in [5.74, 6) is 0.711. The molecule has 0 radical (unpaired) electrons. The van der Waals surface area contributed by atoms with Crippen LogP contribution in [-0.2, 0) is 16.6 Å². The lowest BCUT2D eigenvalue weighted by atomic mass is 10.1. The van der Waals surface area contributed by atoms with Crippen LogP contribution in [0.15, 0.2) is 23.1 Å². The lowest BCUT2D eigenvalue weighted by Gasteiger charge is -2.18. The third kappa shape index (κ3) is 3.81. The van der Waals surface area contributed by atoms with Crippen LogP contribution >= 0.6 is 0 Å². The van der Waals surface area contributed by atoms with Crippen LogP contribution in [0.3, 0.4) is 0 Å². The van der Waals surface area contributed by atoms with Crippen molar-refractivity contribution in [1.82, 2.24) is 4.72 Å². The first kappa shape index (κ1) is 15.5. The monoisotopic (exact) mass is 296 g/mol. The Labute approximate surface area is 121 Å². The third-order valence-corrected chi connectivity index (χ3v) is 5.57. The molecule has 0 saturated heterocycles. The Hall–Kier alpha value is -0.910. The molecule has 3 N–H and O–H groups in total. The summed E-state index contributed by atoms with van der Waals surface area (Å²) < 4.78 is 27.8. The van der Waals surface area contributed by atoms with Crippen molar-refractivity contribution in [2.75, 3.05) is 0 Å². The second-order valence-electron chi connectivity index (χ2n) is 5.71. The van der Waals surface area contributed by atoms with E-state index in [1.165, 1.54) is 12.8 Å². The Morgan fingerprint density at radius 3 is 2.60 bits per heavy atom. The molecule has 0 amide bonds. The van der Waals surface area contributed by atoms with E-state index >= 15 is 0 Å². The molecule has 0 heterocycles. The first-order chi connectivity index (χ1) is 9.46. The van der Waals surface area contributed by atoms with Crippen molar-refractivity contribution in [1.29, 1.82) is 0 Å². The van der Waals surface area contributed by atoms with Gasteiger partial charge in [-0.3, -0.25) is 0 Å². The van der Waals surface area contributed by atoms with Gasteiger partial charge in [-0.1, -0.05) is 31.9 Å². The molecule has 0 bridgehead atoms. The molecule has 1 atom stereocenters. The van der Waals surface area contributed by atoms with Gasteiger partial charge in [0.15, 0.2) is 0 Å². The SMILES string of the molecule is CCC(CC1CC1)NS(=O)(=O)c1ccc(CN)cc1C. The second kappa shape index (κ2) is 6.24. The first-order valence-electron chi connectivity index (χ1n) is 7.28. The minimum absolute atomic E-state index is 0.0427. The minimum atomic E-state index is -3.44. The number of nitrogens with two attached hydrogens (primary N) is 1. The van der Waals surface area contributed by atoms with Crippen LogP contribution in [-0.4, -0.2) is 14.5 Å². The molecule has 112 valence electrons. The highest BCUT2D eigenvalue weighted by Gasteiger charge is 2.28. The fourth-order valence-corrected chi connectivity index (χ4v) is 4.04. The first-order valence-corrected chi connectivity index (χ1v) is 8.76. The highest BCUT2D eigenvalue weighted by atomic mass is 32.2. The zero-order chi connectivity index (χ0) is 14.8. The molecule has 1 aliphatic rings. The maximum atomic E-state index is 12.5. The Morgan fingerprint density at radius 1 is 1.40 bits per heavy atom. The Kier molecular flexibility index (Phi) is 4.83. The molecule has 0 spiro atoms. The molecule has 1 fully saturated rings. The lowest BCUT2D eigenvalue weighted by molar-refractivity contribution is 0.495. The maximum absolute atomic E-state index is 12.5. The zero-order valence-corrected chi connectivity index (χ0v) is 13.0. The third-order valence-electron chi connectivity index (χ3n) is 3.89. The van der Waals surface area contributed by atoms with E-state index in [2.05, 4.69) is 4.72 Å². The van der Waals surface area contributed by atoms with Gasteiger partial charge in [0.1, 0.15) is 0 Å². The maximum Gasteiger partial charge on any atom is 0.241 e. The molecule has 1 aliphatic carbocycles. The van der Waals surface area contributed by atoms with E-state index in [0.717, 1.165) is 24.0 Å². The average molecular weight is 296 g/mol. The number of benzene rings is 1. The van der Waals surface area contributed by atoms with E-state index in [-0.39, 0.29) is 6.04 Å². The molecule has 1 unspecified atom stereocenters. The fourth-order valence-electron chi connectivity index (χ4n) is 2.48. The molecule has 4 nitrogen and oxygen atoms in total. The summed E-state index contributed by atoms with van der Waals surface area (Å²) >= 11 is 0. The molecule has 20 heavy (non-hydrogen) atoms. The number of nitrogens with one attached hydrogen (secondary N) is 1. The van der Waals surface area contributed by atoms with Gasteiger partial charge in [-0.2, -0.15) is 0 Å². The predicted molar refractivity (Wildman–Crippen MR) is 80.8 cm³/mol. The molecule has 2 rings (SSSR count). The van der Waals surface area contributed by atoms with Gasteiger partial charge in [0.25, 0.3) is 0 Å². The fraction of sp³-hybridized carbons (Fsp3) is 0.600. The summed E-state index contributed by atoms with van der Waals surface area (Å²) in [4.78, 5) is 0.365. The number of hydrogen-bond donors (Lipinski definition) is 2. The smallest absolute Gasteiger partial charge is 0.241 e. The summed E-state index contributed by atoms with van der Waals surface area (Å²) in [7, 11) is -3.44. The van der Waals surface area contributed by atoms with Gasteiger partial charge in [0.05, 0.1) is 4.90 Å². The van der Waals surface area contributed by atoms with Crippen molar-refractivity contribution in [2.45, 2.75) is 57.0 Å². The lowest BCUT2D eigenvalue weighted by Crippen LogP contribution is -2.35. The van der Waals surface area contributed by atoms with E-state index in [0.29, 0.717) is 17.4 Å². The van der Waals surface area contributed by atoms with Crippen molar-refractivity contribution in [3.05, 3.63) is 29.3 Å². The molecular formula is C15H24N2O2S. The molecule has 1 saturated carbocycles. The van der Waals surface area contributed by atoms with Crippen molar-refractivity contribution >= 4 is 10.0 Å². The Morgan fingerprint density at radius 2 is 2.10 bits per heavy atom. The van der Waals surface area contributed by atoms with Gasteiger partial charge in [-0.25, -0.2) is 13.1 Å². The van der Waals surface area contributed by atoms with E-state index in [4.69, 9.17) is 5.73 Å². The van der Waals surface area contributed by atoms with Gasteiger partial charge >= 0.3 is 0 Å². The van der Waals surface area contributed by atoms with E-state index in [1.54, 1.807) is 12.1 Å². The highest BCUT2D eigenvalue weighted by Crippen LogP contribution is 2.34. The molecule has 1 aromatic carbocycles. The molecule has 5 heteroatoms. The summed E-state index contributed by atoms with van der Waals surface area (Å²) in [6, 6.07) is 5.32. The number of sulfonamides is 1. The van der Waals surface area contributed by atoms with E-state index in [9.17, 15) is 8.42 Å². The van der Waals surface area contributed by atoms with Crippen LogP contribution in [0, 0.1) is 12.8 Å². The summed E-state index contributed by atoms with van der Waals surface area (Å²) in [6.45, 7) is 4.27. The standard InChI is InChI=1S/C15H24N2O2S/c1-3-14(9-12-4-5-12)17-20(18,19)15-7-6-13(10-16)8-11(15)2/h6-8,12,14,17H,3-5,9-10,16H2,1-2H3. The number of rotatable bonds is 7. The van der Waals surface area contributed by atoms with Crippen LogP contribution in [0.5, 0.6) is 0 Å². The van der Waals surface area contributed by atoms with Crippen molar-refractivity contribution in [3.63, 3.8) is 0 Å². The van der Waals surface area contributed by atoms with Crippen molar-refractivity contribution < 1.29 is 8.42 Å². The normalized spacial score (nSPS) is 17.1. The van der Waals surface area contributed by atoms with Gasteiger partial charge in [0.2, 0.25) is 10.0 Å². The molecular weight excluding hydrogens is 272 g/mol. The summed E-state index contributed by atoms with van der Waals surface area (Å²) in [6.07, 6.45) is 4.26. The Balaban J connectivity index is 2.16. The average Bonchev–Trinajstić information content (AvgIpc) is 3.21. The van der Waals surface area contributed by atoms with Crippen molar-refractivity contribution in [3.8, 4) is 0 Å². The number of hydrogen-bond acceptors (Lipinski definition) is 3. The predicted octanol–water partition coefficient (Wildman–Crippen LogP) is 2.31. The molecule has 1 aromatic rings. The largest absolute Gasteiger partial charge is 0.326 e. The quantitative estimate of drug-likeness (QED) is 0.811. The van der Waals surface area contributed by atoms with Gasteiger partial charge < -0.3 is 5.73 Å². The topological polar surface area (TPSA) is 72.2 Å². The van der Waals surface area contributed by atoms with Crippen molar-refractivity contribution in [2.24, 2.45) is 11.7 Å². The second-order valence-corrected chi connectivity index (χ2v) is 7.39.